The number of aryl methyl sites for hydroxylation is 2. The maximum absolute atomic E-state index is 6.04. The number of hydrogen-bond acceptors (Lipinski definition) is 5. The fraction of sp³-hybridized carbons (Fsp3) is 0.600. The van der Waals surface area contributed by atoms with Crippen molar-refractivity contribution in [2.24, 2.45) is 5.73 Å². The van der Waals surface area contributed by atoms with Gasteiger partial charge in [0.25, 0.3) is 0 Å². The average molecular weight is 303 g/mol. The van der Waals surface area contributed by atoms with Gasteiger partial charge in [0.2, 0.25) is 5.95 Å². The van der Waals surface area contributed by atoms with Crippen molar-refractivity contribution in [3.8, 4) is 10.7 Å². The molecule has 2 aromatic heterocycles. The summed E-state index contributed by atoms with van der Waals surface area (Å²) in [5, 5.41) is 7.51. The lowest BCUT2D eigenvalue weighted by molar-refractivity contribution is 0.500. The predicted octanol–water partition coefficient (Wildman–Crippen LogP) is 2.34. The number of aromatic nitrogens is 3. The fourth-order valence-electron chi connectivity index (χ4n) is 3.30. The van der Waals surface area contributed by atoms with Crippen molar-refractivity contribution in [1.29, 1.82) is 0 Å². The summed E-state index contributed by atoms with van der Waals surface area (Å²) < 4.78 is 0. The molecule has 1 atom stereocenters. The van der Waals surface area contributed by atoms with Gasteiger partial charge in [-0.05, 0) is 50.2 Å². The molecule has 0 amide bonds. The van der Waals surface area contributed by atoms with Crippen LogP contribution in [0.4, 0.5) is 5.95 Å². The van der Waals surface area contributed by atoms with Crippen molar-refractivity contribution >= 4 is 17.3 Å². The number of nitrogens with one attached hydrogen (secondary N) is 1. The molecular weight excluding hydrogens is 282 g/mol. The SMILES string of the molecule is NC1CCCN(c2n[nH]c(-c3cc4c(s3)CCCC4)n2)C1. The Balaban J connectivity index is 1.57. The smallest absolute Gasteiger partial charge is 0.245 e. The monoisotopic (exact) mass is 303 g/mol. The van der Waals surface area contributed by atoms with E-state index in [1.54, 1.807) is 0 Å². The first-order chi connectivity index (χ1) is 10.3. The number of hydrogen-bond donors (Lipinski definition) is 2. The van der Waals surface area contributed by atoms with Gasteiger partial charge in [-0.1, -0.05) is 0 Å². The molecule has 2 aliphatic rings. The summed E-state index contributed by atoms with van der Waals surface area (Å²) in [5.74, 6) is 1.70. The second-order valence-electron chi connectivity index (χ2n) is 6.10. The standard InChI is InChI=1S/C15H21N5S/c16-11-5-3-7-20(9-11)15-17-14(18-19-15)13-8-10-4-1-2-6-12(10)21-13/h8,11H,1-7,9,16H2,(H,17,18,19). The second kappa shape index (κ2) is 5.42. The third-order valence-electron chi connectivity index (χ3n) is 4.44. The number of piperidine rings is 1. The third-order valence-corrected chi connectivity index (χ3v) is 5.69. The normalized spacial score (nSPS) is 22.3. The Morgan fingerprint density at radius 1 is 1.29 bits per heavy atom. The van der Waals surface area contributed by atoms with E-state index in [1.807, 2.05) is 11.3 Å². The van der Waals surface area contributed by atoms with Crippen molar-refractivity contribution < 1.29 is 0 Å². The highest BCUT2D eigenvalue weighted by Crippen LogP contribution is 2.34. The number of thiophene rings is 1. The molecule has 1 fully saturated rings. The third kappa shape index (κ3) is 2.58. The van der Waals surface area contributed by atoms with E-state index in [-0.39, 0.29) is 6.04 Å². The Bertz CT molecular complexity index is 608. The first-order valence-electron chi connectivity index (χ1n) is 7.84. The van der Waals surface area contributed by atoms with Crippen LogP contribution in [0.3, 0.4) is 0 Å². The molecule has 0 bridgehead atoms. The number of H-pyrrole nitrogens is 1. The number of anilines is 1. The Hall–Kier alpha value is -1.40. The largest absolute Gasteiger partial charge is 0.338 e. The molecule has 1 unspecified atom stereocenters. The average Bonchev–Trinajstić information content (AvgIpc) is 3.14. The molecule has 3 heterocycles. The Kier molecular flexibility index (Phi) is 3.43. The van der Waals surface area contributed by atoms with Crippen LogP contribution in [0.25, 0.3) is 10.7 Å². The summed E-state index contributed by atoms with van der Waals surface area (Å²) in [5.41, 5.74) is 7.55. The summed E-state index contributed by atoms with van der Waals surface area (Å²) >= 11 is 1.87. The first kappa shape index (κ1) is 13.3. The minimum atomic E-state index is 0.245. The molecule has 21 heavy (non-hydrogen) atoms. The lowest BCUT2D eigenvalue weighted by Crippen LogP contribution is -2.43. The van der Waals surface area contributed by atoms with Gasteiger partial charge < -0.3 is 10.6 Å². The summed E-state index contributed by atoms with van der Waals surface area (Å²) in [7, 11) is 0. The molecule has 1 saturated heterocycles. The van der Waals surface area contributed by atoms with Crippen LogP contribution in [0.2, 0.25) is 0 Å². The fourth-order valence-corrected chi connectivity index (χ4v) is 4.50. The Morgan fingerprint density at radius 3 is 3.05 bits per heavy atom. The zero-order chi connectivity index (χ0) is 14.2. The van der Waals surface area contributed by atoms with E-state index in [2.05, 4.69) is 21.2 Å². The topological polar surface area (TPSA) is 70.8 Å². The van der Waals surface area contributed by atoms with Gasteiger partial charge in [0.05, 0.1) is 4.88 Å². The molecule has 112 valence electrons. The summed E-state index contributed by atoms with van der Waals surface area (Å²) in [6.07, 6.45) is 7.30. The maximum atomic E-state index is 6.04. The molecule has 0 saturated carbocycles. The van der Waals surface area contributed by atoms with Crippen molar-refractivity contribution in [3.63, 3.8) is 0 Å². The van der Waals surface area contributed by atoms with E-state index < -0.39 is 0 Å². The van der Waals surface area contributed by atoms with Crippen LogP contribution in [0, 0.1) is 0 Å². The Morgan fingerprint density at radius 2 is 2.19 bits per heavy atom. The van der Waals surface area contributed by atoms with Gasteiger partial charge in [0, 0.05) is 24.0 Å². The quantitative estimate of drug-likeness (QED) is 0.893. The maximum Gasteiger partial charge on any atom is 0.245 e. The van der Waals surface area contributed by atoms with Gasteiger partial charge in [-0.2, -0.15) is 4.98 Å². The van der Waals surface area contributed by atoms with E-state index in [4.69, 9.17) is 10.7 Å². The summed E-state index contributed by atoms with van der Waals surface area (Å²) in [4.78, 5) is 9.65. The minimum absolute atomic E-state index is 0.245. The molecule has 1 aliphatic carbocycles. The predicted molar refractivity (Wildman–Crippen MR) is 85.8 cm³/mol. The number of nitrogens with zero attached hydrogens (tertiary/aromatic N) is 3. The summed E-state index contributed by atoms with van der Waals surface area (Å²) in [6.45, 7) is 1.87. The molecular formula is C15H21N5S. The van der Waals surface area contributed by atoms with E-state index in [1.165, 1.54) is 41.0 Å². The van der Waals surface area contributed by atoms with Crippen LogP contribution in [-0.4, -0.2) is 34.3 Å². The molecule has 6 heteroatoms. The highest BCUT2D eigenvalue weighted by atomic mass is 32.1. The highest BCUT2D eigenvalue weighted by Gasteiger charge is 2.21. The number of aromatic amines is 1. The van der Waals surface area contributed by atoms with Gasteiger partial charge >= 0.3 is 0 Å². The zero-order valence-corrected chi connectivity index (χ0v) is 13.0. The number of nitrogens with two attached hydrogens (primary N) is 1. The van der Waals surface area contributed by atoms with Crippen LogP contribution in [0.15, 0.2) is 6.07 Å². The molecule has 1 aliphatic heterocycles. The molecule has 4 rings (SSSR count). The van der Waals surface area contributed by atoms with E-state index in [9.17, 15) is 0 Å². The van der Waals surface area contributed by atoms with Crippen LogP contribution < -0.4 is 10.6 Å². The molecule has 0 spiro atoms. The van der Waals surface area contributed by atoms with Crippen LogP contribution >= 0.6 is 11.3 Å². The molecule has 2 aromatic rings. The van der Waals surface area contributed by atoms with Crippen molar-refractivity contribution in [2.45, 2.75) is 44.6 Å². The summed E-state index contributed by atoms with van der Waals surface area (Å²) in [6, 6.07) is 2.54. The number of fused-ring (bicyclic) bond motifs is 1. The van der Waals surface area contributed by atoms with Crippen molar-refractivity contribution in [1.82, 2.24) is 15.2 Å². The lowest BCUT2D eigenvalue weighted by Gasteiger charge is -2.29. The van der Waals surface area contributed by atoms with Gasteiger partial charge in [-0.3, -0.25) is 5.10 Å². The Labute approximate surface area is 128 Å². The highest BCUT2D eigenvalue weighted by molar-refractivity contribution is 7.15. The van der Waals surface area contributed by atoms with Gasteiger partial charge in [-0.25, -0.2) is 0 Å². The van der Waals surface area contributed by atoms with Gasteiger partial charge in [-0.15, -0.1) is 16.4 Å². The molecule has 0 aromatic carbocycles. The van der Waals surface area contributed by atoms with Crippen LogP contribution in [0.5, 0.6) is 0 Å². The molecule has 5 nitrogen and oxygen atoms in total. The molecule has 3 N–H and O–H groups in total. The molecule has 0 radical (unpaired) electrons. The lowest BCUT2D eigenvalue weighted by atomic mass is 9.99. The van der Waals surface area contributed by atoms with E-state index >= 15 is 0 Å². The van der Waals surface area contributed by atoms with Gasteiger partial charge in [0.1, 0.15) is 0 Å². The van der Waals surface area contributed by atoms with Crippen molar-refractivity contribution in [3.05, 3.63) is 16.5 Å². The number of rotatable bonds is 2. The zero-order valence-electron chi connectivity index (χ0n) is 12.1. The van der Waals surface area contributed by atoms with E-state index in [0.717, 1.165) is 37.7 Å². The minimum Gasteiger partial charge on any atom is -0.338 e. The van der Waals surface area contributed by atoms with E-state index in [0.29, 0.717) is 0 Å². The van der Waals surface area contributed by atoms with Crippen LogP contribution in [0.1, 0.15) is 36.1 Å². The van der Waals surface area contributed by atoms with Crippen molar-refractivity contribution in [2.75, 3.05) is 18.0 Å². The second-order valence-corrected chi connectivity index (χ2v) is 7.24. The first-order valence-corrected chi connectivity index (χ1v) is 8.66. The van der Waals surface area contributed by atoms with Gasteiger partial charge in [0.15, 0.2) is 5.82 Å². The van der Waals surface area contributed by atoms with Crippen LogP contribution in [-0.2, 0) is 12.8 Å².